The van der Waals surface area contributed by atoms with Crippen LogP contribution in [0.3, 0.4) is 0 Å². The van der Waals surface area contributed by atoms with Gasteiger partial charge in [-0.2, -0.15) is 0 Å². The number of hydrogen-bond donors (Lipinski definition) is 0. The lowest BCUT2D eigenvalue weighted by molar-refractivity contribution is -0.465. The first-order valence-corrected chi connectivity index (χ1v) is 6.48. The van der Waals surface area contributed by atoms with Gasteiger partial charge < -0.3 is 17.3 Å². The van der Waals surface area contributed by atoms with Gasteiger partial charge >= 0.3 is 6.03 Å². The molecule has 0 bridgehead atoms. The van der Waals surface area contributed by atoms with Gasteiger partial charge in [0.05, 0.1) is 24.1 Å². The summed E-state index contributed by atoms with van der Waals surface area (Å²) >= 11 is 11.9. The lowest BCUT2D eigenvalue weighted by Crippen LogP contribution is -3.00. The van der Waals surface area contributed by atoms with E-state index in [1.165, 1.54) is 4.90 Å². The summed E-state index contributed by atoms with van der Waals surface area (Å²) in [5.41, 5.74) is 0.680. The highest BCUT2D eigenvalue weighted by Gasteiger charge is 2.29. The number of benzene rings is 1. The van der Waals surface area contributed by atoms with Gasteiger partial charge in [0.15, 0.2) is 0 Å². The monoisotopic (exact) mass is 337 g/mol. The smallest absolute Gasteiger partial charge is 0.415 e. The highest BCUT2D eigenvalue weighted by Crippen LogP contribution is 2.27. The molecule has 20 heavy (non-hydrogen) atoms. The van der Waals surface area contributed by atoms with Crippen molar-refractivity contribution in [2.24, 2.45) is 0 Å². The Morgan fingerprint density at radius 3 is 2.10 bits per heavy atom. The first-order chi connectivity index (χ1) is 8.75. The Bertz CT molecular complexity index is 526. The zero-order valence-corrected chi connectivity index (χ0v) is 14.4. The van der Waals surface area contributed by atoms with E-state index < -0.39 is 0 Å². The Morgan fingerprint density at radius 2 is 1.70 bits per heavy atom. The molecule has 1 rings (SSSR count). The molecule has 1 aromatic rings. The molecule has 0 aromatic heterocycles. The highest BCUT2D eigenvalue weighted by molar-refractivity contribution is 6.42. The minimum atomic E-state index is -0.149. The van der Waals surface area contributed by atoms with Crippen molar-refractivity contribution in [2.45, 2.75) is 6.92 Å². The fourth-order valence-electron chi connectivity index (χ4n) is 1.46. The number of amides is 2. The number of nitrogens with zero attached hydrogens (tertiary/aromatic N) is 3. The second-order valence-corrected chi connectivity index (χ2v) is 5.37. The van der Waals surface area contributed by atoms with Crippen molar-refractivity contribution in [2.75, 3.05) is 33.1 Å². The fourth-order valence-corrected chi connectivity index (χ4v) is 1.75. The van der Waals surface area contributed by atoms with Gasteiger partial charge in [0.1, 0.15) is 5.69 Å². The Morgan fingerprint density at radius 1 is 1.15 bits per heavy atom. The minimum Gasteiger partial charge on any atom is -1.00 e. The summed E-state index contributed by atoms with van der Waals surface area (Å²) in [6.45, 7) is 1.86. The number of halogens is 3. The quantitative estimate of drug-likeness (QED) is 0.407. The van der Waals surface area contributed by atoms with E-state index in [2.05, 4.69) is 0 Å². The van der Waals surface area contributed by atoms with E-state index in [0.717, 1.165) is 5.84 Å². The van der Waals surface area contributed by atoms with Crippen LogP contribution in [0.15, 0.2) is 18.2 Å². The molecule has 0 aliphatic carbocycles. The number of carbonyl (C=O) groups is 1. The zero-order valence-electron chi connectivity index (χ0n) is 12.1. The SMILES string of the molecule is CC(N(C(=O)N(C)C)c1ccc(Cl)c(Cl)c1)=[N+](C)C.[Cl-]. The fraction of sp³-hybridized carbons (Fsp3) is 0.385. The number of rotatable bonds is 1. The summed E-state index contributed by atoms with van der Waals surface area (Å²) in [6, 6.07) is 4.98. The molecule has 0 N–H and O–H groups in total. The molecule has 0 aliphatic rings. The lowest BCUT2D eigenvalue weighted by Gasteiger charge is -2.20. The maximum atomic E-state index is 12.3. The lowest BCUT2D eigenvalue weighted by atomic mass is 10.3. The van der Waals surface area contributed by atoms with Crippen molar-refractivity contribution < 1.29 is 21.8 Å². The normalized spacial score (nSPS) is 9.55. The van der Waals surface area contributed by atoms with Gasteiger partial charge in [-0.1, -0.05) is 23.2 Å². The Hall–Kier alpha value is -0.970. The Labute approximate surface area is 136 Å². The highest BCUT2D eigenvalue weighted by atomic mass is 35.5. The Kier molecular flexibility index (Phi) is 7.34. The molecular weight excluding hydrogens is 321 g/mol. The number of anilines is 1. The van der Waals surface area contributed by atoms with Gasteiger partial charge in [-0.3, -0.25) is 4.58 Å². The van der Waals surface area contributed by atoms with Gasteiger partial charge in [-0.05, 0) is 12.1 Å². The summed E-state index contributed by atoms with van der Waals surface area (Å²) in [6.07, 6.45) is 0. The van der Waals surface area contributed by atoms with E-state index in [4.69, 9.17) is 23.2 Å². The second-order valence-electron chi connectivity index (χ2n) is 4.55. The number of urea groups is 1. The molecule has 0 radical (unpaired) electrons. The van der Waals surface area contributed by atoms with Crippen molar-refractivity contribution in [1.82, 2.24) is 4.90 Å². The van der Waals surface area contributed by atoms with Crippen LogP contribution in [-0.4, -0.2) is 49.5 Å². The zero-order chi connectivity index (χ0) is 14.7. The maximum Gasteiger partial charge on any atom is 0.415 e. The molecule has 0 spiro atoms. The summed E-state index contributed by atoms with van der Waals surface area (Å²) in [4.78, 5) is 15.4. The van der Waals surface area contributed by atoms with Gasteiger partial charge in [0.25, 0.3) is 5.84 Å². The van der Waals surface area contributed by atoms with E-state index in [-0.39, 0.29) is 18.4 Å². The maximum absolute atomic E-state index is 12.3. The van der Waals surface area contributed by atoms with Gasteiger partial charge in [0, 0.05) is 27.1 Å². The summed E-state index contributed by atoms with van der Waals surface area (Å²) < 4.78 is 1.86. The van der Waals surface area contributed by atoms with E-state index in [9.17, 15) is 4.79 Å². The minimum absolute atomic E-state index is 0. The topological polar surface area (TPSA) is 26.6 Å². The molecule has 1 aromatic carbocycles. The molecule has 112 valence electrons. The first-order valence-electron chi connectivity index (χ1n) is 5.73. The average Bonchev–Trinajstić information content (AvgIpc) is 2.33. The van der Waals surface area contributed by atoms with Crippen molar-refractivity contribution >= 4 is 40.8 Å². The van der Waals surface area contributed by atoms with Crippen LogP contribution >= 0.6 is 23.2 Å². The van der Waals surface area contributed by atoms with Crippen LogP contribution in [0, 0.1) is 0 Å². The number of hydrogen-bond acceptors (Lipinski definition) is 1. The second kappa shape index (κ2) is 7.72. The summed E-state index contributed by atoms with van der Waals surface area (Å²) in [5, 5.41) is 0.882. The average molecular weight is 339 g/mol. The molecule has 0 atom stereocenters. The standard InChI is InChI=1S/C13H18Cl2N3O.ClH/c1-9(16(2)3)18(13(19)17(4)5)10-6-7-11(14)12(15)8-10;/h6-8H,1-5H3;1H/q+1;/p-1. The molecule has 0 aliphatic heterocycles. The molecule has 0 saturated carbocycles. The van der Waals surface area contributed by atoms with E-state index >= 15 is 0 Å². The Balaban J connectivity index is 0.00000361. The molecule has 2 amide bonds. The third-order valence-electron chi connectivity index (χ3n) is 2.71. The largest absolute Gasteiger partial charge is 1.00 e. The molecule has 0 unspecified atom stereocenters. The van der Waals surface area contributed by atoms with Crippen LogP contribution < -0.4 is 17.3 Å². The van der Waals surface area contributed by atoms with E-state index in [1.54, 1.807) is 37.2 Å². The predicted molar refractivity (Wildman–Crippen MR) is 80.8 cm³/mol. The van der Waals surface area contributed by atoms with Crippen molar-refractivity contribution in [3.05, 3.63) is 28.2 Å². The van der Waals surface area contributed by atoms with Crippen LogP contribution in [0.1, 0.15) is 6.92 Å². The van der Waals surface area contributed by atoms with E-state index in [0.29, 0.717) is 15.7 Å². The van der Waals surface area contributed by atoms with Crippen LogP contribution in [0.2, 0.25) is 10.0 Å². The van der Waals surface area contributed by atoms with Gasteiger partial charge in [-0.15, -0.1) is 4.90 Å². The molecule has 0 heterocycles. The molecule has 4 nitrogen and oxygen atoms in total. The van der Waals surface area contributed by atoms with Crippen molar-refractivity contribution in [1.29, 1.82) is 0 Å². The first kappa shape index (κ1) is 19.0. The van der Waals surface area contributed by atoms with E-state index in [1.807, 2.05) is 25.6 Å². The van der Waals surface area contributed by atoms with Crippen molar-refractivity contribution in [3.8, 4) is 0 Å². The van der Waals surface area contributed by atoms with Gasteiger partial charge in [0.2, 0.25) is 0 Å². The van der Waals surface area contributed by atoms with Crippen LogP contribution in [-0.2, 0) is 0 Å². The molecule has 7 heteroatoms. The number of amidine groups is 1. The van der Waals surface area contributed by atoms with Crippen molar-refractivity contribution in [3.63, 3.8) is 0 Å². The third-order valence-corrected chi connectivity index (χ3v) is 3.45. The predicted octanol–water partition coefficient (Wildman–Crippen LogP) is 0.176. The third kappa shape index (κ3) is 4.27. The molecular formula is C13H18Cl3N3O. The van der Waals surface area contributed by atoms with Crippen LogP contribution in [0.5, 0.6) is 0 Å². The van der Waals surface area contributed by atoms with Crippen LogP contribution in [0.4, 0.5) is 10.5 Å². The summed E-state index contributed by atoms with van der Waals surface area (Å²) in [7, 11) is 7.16. The summed E-state index contributed by atoms with van der Waals surface area (Å²) in [5.74, 6) is 0.789. The van der Waals surface area contributed by atoms with Crippen LogP contribution in [0.25, 0.3) is 0 Å². The number of carbonyl (C=O) groups excluding carboxylic acids is 1. The molecule has 0 saturated heterocycles. The van der Waals surface area contributed by atoms with Gasteiger partial charge in [-0.25, -0.2) is 4.79 Å². The molecule has 0 fully saturated rings.